The molecule has 160 valence electrons. The van der Waals surface area contributed by atoms with Gasteiger partial charge in [-0.05, 0) is 43.7 Å². The quantitative estimate of drug-likeness (QED) is 0.496. The van der Waals surface area contributed by atoms with Gasteiger partial charge in [0.25, 0.3) is 5.91 Å². The minimum Gasteiger partial charge on any atom is -0.292 e. The molecular formula is C21H25BrN4O3S. The first-order valence-electron chi connectivity index (χ1n) is 9.64. The Morgan fingerprint density at radius 1 is 1.03 bits per heavy atom. The molecule has 3 rings (SSSR count). The summed E-state index contributed by atoms with van der Waals surface area (Å²) in [5.74, 6) is -0.221. The van der Waals surface area contributed by atoms with Crippen molar-refractivity contribution in [3.63, 3.8) is 0 Å². The number of benzene rings is 2. The minimum absolute atomic E-state index is 0.176. The second-order valence-corrected chi connectivity index (χ2v) is 10.1. The molecule has 2 aromatic rings. The summed E-state index contributed by atoms with van der Waals surface area (Å²) in [6, 6.07) is 14.5. The maximum absolute atomic E-state index is 12.8. The Balaban J connectivity index is 1.50. The van der Waals surface area contributed by atoms with Crippen LogP contribution in [0.25, 0.3) is 0 Å². The highest BCUT2D eigenvalue weighted by Gasteiger charge is 2.28. The molecular weight excluding hydrogens is 468 g/mol. The van der Waals surface area contributed by atoms with Crippen molar-refractivity contribution in [1.29, 1.82) is 0 Å². The largest absolute Gasteiger partial charge is 0.292 e. The van der Waals surface area contributed by atoms with Crippen LogP contribution in [0, 0.1) is 6.92 Å². The first-order valence-corrected chi connectivity index (χ1v) is 11.9. The van der Waals surface area contributed by atoms with Crippen LogP contribution in [-0.4, -0.2) is 62.0 Å². The normalized spacial score (nSPS) is 16.4. The van der Waals surface area contributed by atoms with Crippen molar-refractivity contribution in [3.8, 4) is 0 Å². The molecule has 7 nitrogen and oxygen atoms in total. The van der Waals surface area contributed by atoms with Crippen LogP contribution in [0.4, 0.5) is 0 Å². The van der Waals surface area contributed by atoms with E-state index in [9.17, 15) is 13.2 Å². The SMILES string of the molecule is CC(=NNC(=O)CN1CCN(S(=O)(=O)c2ccc(C)cc2)CC1)c1ccc(Br)cc1. The number of aryl methyl sites for hydroxylation is 1. The number of amides is 1. The molecule has 1 fully saturated rings. The zero-order valence-electron chi connectivity index (χ0n) is 17.0. The molecule has 0 aliphatic carbocycles. The summed E-state index contributed by atoms with van der Waals surface area (Å²) in [7, 11) is -3.50. The fraction of sp³-hybridized carbons (Fsp3) is 0.333. The molecule has 0 unspecified atom stereocenters. The highest BCUT2D eigenvalue weighted by molar-refractivity contribution is 9.10. The molecule has 9 heteroatoms. The topological polar surface area (TPSA) is 82.1 Å². The van der Waals surface area contributed by atoms with E-state index in [0.717, 1.165) is 15.6 Å². The van der Waals surface area contributed by atoms with E-state index >= 15 is 0 Å². The van der Waals surface area contributed by atoms with Gasteiger partial charge >= 0.3 is 0 Å². The summed E-state index contributed by atoms with van der Waals surface area (Å²) in [6.07, 6.45) is 0. The summed E-state index contributed by atoms with van der Waals surface area (Å²) in [5, 5.41) is 4.16. The van der Waals surface area contributed by atoms with E-state index in [1.165, 1.54) is 4.31 Å². The van der Waals surface area contributed by atoms with E-state index in [4.69, 9.17) is 0 Å². The number of nitrogens with one attached hydrogen (secondary N) is 1. The standard InChI is InChI=1S/C21H25BrN4O3S/c1-16-3-9-20(10-4-16)30(28,29)26-13-11-25(12-14-26)15-21(27)24-23-17(2)18-5-7-19(22)8-6-18/h3-10H,11-15H2,1-2H3,(H,24,27). The second kappa shape index (κ2) is 9.82. The summed E-state index contributed by atoms with van der Waals surface area (Å²) >= 11 is 3.39. The molecule has 0 saturated carbocycles. The fourth-order valence-corrected chi connectivity index (χ4v) is 4.81. The van der Waals surface area contributed by atoms with Crippen molar-refractivity contribution in [2.24, 2.45) is 5.10 Å². The van der Waals surface area contributed by atoms with Gasteiger partial charge in [0.15, 0.2) is 0 Å². The molecule has 1 N–H and O–H groups in total. The predicted molar refractivity (Wildman–Crippen MR) is 121 cm³/mol. The molecule has 30 heavy (non-hydrogen) atoms. The predicted octanol–water partition coefficient (Wildman–Crippen LogP) is 2.60. The van der Waals surface area contributed by atoms with E-state index in [1.54, 1.807) is 24.3 Å². The lowest BCUT2D eigenvalue weighted by Crippen LogP contribution is -2.50. The Kier molecular flexibility index (Phi) is 7.41. The van der Waals surface area contributed by atoms with Crippen molar-refractivity contribution in [2.45, 2.75) is 18.7 Å². The Hall–Kier alpha value is -2.07. The van der Waals surface area contributed by atoms with Gasteiger partial charge in [-0.15, -0.1) is 0 Å². The summed E-state index contributed by atoms with van der Waals surface area (Å²) < 4.78 is 28.0. The number of piperazine rings is 1. The number of halogens is 1. The van der Waals surface area contributed by atoms with E-state index in [-0.39, 0.29) is 12.5 Å². The fourth-order valence-electron chi connectivity index (χ4n) is 3.13. The Morgan fingerprint density at radius 2 is 1.63 bits per heavy atom. The van der Waals surface area contributed by atoms with Gasteiger partial charge in [-0.25, -0.2) is 13.8 Å². The number of hydrazone groups is 1. The van der Waals surface area contributed by atoms with Crippen LogP contribution in [0.1, 0.15) is 18.1 Å². The molecule has 0 atom stereocenters. The van der Waals surface area contributed by atoms with Crippen LogP contribution in [-0.2, 0) is 14.8 Å². The number of carbonyl (C=O) groups excluding carboxylic acids is 1. The molecule has 1 saturated heterocycles. The van der Waals surface area contributed by atoms with Crippen LogP contribution in [0.15, 0.2) is 63.0 Å². The van der Waals surface area contributed by atoms with Gasteiger partial charge in [0.1, 0.15) is 0 Å². The maximum atomic E-state index is 12.8. The molecule has 1 amide bonds. The number of sulfonamides is 1. The molecule has 0 aromatic heterocycles. The molecule has 1 aliphatic rings. The third kappa shape index (κ3) is 5.75. The zero-order chi connectivity index (χ0) is 21.7. The van der Waals surface area contributed by atoms with Crippen LogP contribution in [0.3, 0.4) is 0 Å². The van der Waals surface area contributed by atoms with E-state index in [0.29, 0.717) is 36.8 Å². The Bertz CT molecular complexity index is 1010. The van der Waals surface area contributed by atoms with Crippen molar-refractivity contribution in [1.82, 2.24) is 14.6 Å². The molecule has 0 bridgehead atoms. The molecule has 1 aliphatic heterocycles. The third-order valence-corrected chi connectivity index (χ3v) is 7.41. The lowest BCUT2D eigenvalue weighted by Gasteiger charge is -2.33. The maximum Gasteiger partial charge on any atom is 0.254 e. The van der Waals surface area contributed by atoms with Crippen molar-refractivity contribution < 1.29 is 13.2 Å². The third-order valence-electron chi connectivity index (χ3n) is 4.97. The van der Waals surface area contributed by atoms with Gasteiger partial charge in [0, 0.05) is 30.7 Å². The van der Waals surface area contributed by atoms with E-state index in [2.05, 4.69) is 26.5 Å². The van der Waals surface area contributed by atoms with Gasteiger partial charge < -0.3 is 0 Å². The van der Waals surface area contributed by atoms with Crippen LogP contribution < -0.4 is 5.43 Å². The highest BCUT2D eigenvalue weighted by atomic mass is 79.9. The Morgan fingerprint density at radius 3 is 2.23 bits per heavy atom. The Labute approximate surface area is 185 Å². The van der Waals surface area contributed by atoms with Gasteiger partial charge in [0.05, 0.1) is 17.2 Å². The van der Waals surface area contributed by atoms with Gasteiger partial charge in [-0.3, -0.25) is 9.69 Å². The number of carbonyl (C=O) groups is 1. The minimum atomic E-state index is -3.50. The van der Waals surface area contributed by atoms with Crippen molar-refractivity contribution in [3.05, 3.63) is 64.1 Å². The molecule has 2 aromatic carbocycles. The van der Waals surface area contributed by atoms with Gasteiger partial charge in [0.2, 0.25) is 10.0 Å². The number of hydrogen-bond donors (Lipinski definition) is 1. The first kappa shape index (κ1) is 22.6. The zero-order valence-corrected chi connectivity index (χ0v) is 19.4. The summed E-state index contributed by atoms with van der Waals surface area (Å²) in [6.45, 7) is 5.62. The van der Waals surface area contributed by atoms with Crippen LogP contribution in [0.2, 0.25) is 0 Å². The number of hydrogen-bond acceptors (Lipinski definition) is 5. The monoisotopic (exact) mass is 492 g/mol. The van der Waals surface area contributed by atoms with Gasteiger partial charge in [-0.1, -0.05) is 45.8 Å². The lowest BCUT2D eigenvalue weighted by molar-refractivity contribution is -0.122. The summed E-state index contributed by atoms with van der Waals surface area (Å²) in [5.41, 5.74) is 5.23. The van der Waals surface area contributed by atoms with E-state index in [1.807, 2.05) is 43.0 Å². The van der Waals surface area contributed by atoms with Crippen molar-refractivity contribution in [2.75, 3.05) is 32.7 Å². The lowest BCUT2D eigenvalue weighted by atomic mass is 10.1. The molecule has 1 heterocycles. The average Bonchev–Trinajstić information content (AvgIpc) is 2.73. The molecule has 0 radical (unpaired) electrons. The van der Waals surface area contributed by atoms with Crippen molar-refractivity contribution >= 4 is 37.6 Å². The smallest absolute Gasteiger partial charge is 0.254 e. The average molecular weight is 493 g/mol. The summed E-state index contributed by atoms with van der Waals surface area (Å²) in [4.78, 5) is 14.5. The number of rotatable bonds is 6. The van der Waals surface area contributed by atoms with E-state index < -0.39 is 10.0 Å². The highest BCUT2D eigenvalue weighted by Crippen LogP contribution is 2.18. The molecule has 0 spiro atoms. The van der Waals surface area contributed by atoms with Gasteiger partial charge in [-0.2, -0.15) is 9.41 Å². The first-order chi connectivity index (χ1) is 14.3. The number of nitrogens with zero attached hydrogens (tertiary/aromatic N) is 3. The van der Waals surface area contributed by atoms with Crippen LogP contribution >= 0.6 is 15.9 Å². The van der Waals surface area contributed by atoms with Crippen LogP contribution in [0.5, 0.6) is 0 Å². The second-order valence-electron chi connectivity index (χ2n) is 7.23.